The van der Waals surface area contributed by atoms with Crippen LogP contribution in [-0.4, -0.2) is 42.6 Å². The van der Waals surface area contributed by atoms with Crippen molar-refractivity contribution >= 4 is 11.4 Å². The number of piperidine rings is 1. The molecule has 0 spiro atoms. The van der Waals surface area contributed by atoms with Crippen molar-refractivity contribution in [2.75, 3.05) is 36.5 Å². The Kier molecular flexibility index (Phi) is 5.75. The number of halogens is 3. The molecule has 2 rings (SSSR count). The number of aliphatic hydroxyl groups is 2. The van der Waals surface area contributed by atoms with Crippen LogP contribution in [0, 0.1) is 5.92 Å². The number of hydrogen-bond donors (Lipinski definition) is 3. The Hall–Kier alpha value is -1.47. The van der Waals surface area contributed by atoms with Crippen LogP contribution >= 0.6 is 0 Å². The van der Waals surface area contributed by atoms with Gasteiger partial charge in [-0.25, -0.2) is 0 Å². The van der Waals surface area contributed by atoms with Crippen molar-refractivity contribution in [1.29, 1.82) is 0 Å². The fraction of sp³-hybridized carbons (Fsp3) is 0.625. The van der Waals surface area contributed by atoms with E-state index in [0.29, 0.717) is 17.3 Å². The topological polar surface area (TPSA) is 55.7 Å². The minimum Gasteiger partial charge on any atom is -0.394 e. The van der Waals surface area contributed by atoms with E-state index in [2.05, 4.69) is 17.1 Å². The molecule has 3 N–H and O–H groups in total. The number of nitrogens with one attached hydrogen (secondary N) is 1. The molecule has 0 saturated carbocycles. The van der Waals surface area contributed by atoms with Gasteiger partial charge in [-0.15, -0.1) is 0 Å². The number of rotatable bonds is 5. The first-order chi connectivity index (χ1) is 10.8. The molecule has 0 bridgehead atoms. The molecule has 1 atom stereocenters. The second-order valence-electron chi connectivity index (χ2n) is 6.12. The van der Waals surface area contributed by atoms with Gasteiger partial charge in [0.1, 0.15) is 0 Å². The van der Waals surface area contributed by atoms with Gasteiger partial charge in [-0.3, -0.25) is 0 Å². The van der Waals surface area contributed by atoms with E-state index in [1.165, 1.54) is 6.07 Å². The number of hydrogen-bond acceptors (Lipinski definition) is 4. The van der Waals surface area contributed by atoms with E-state index in [9.17, 15) is 18.3 Å². The monoisotopic (exact) mass is 332 g/mol. The molecule has 1 saturated heterocycles. The SMILES string of the molecule is CC1CCN(c2ccc(C(F)(F)F)cc2NCC(O)CO)CC1. The molecule has 1 fully saturated rings. The molecule has 0 aliphatic carbocycles. The van der Waals surface area contributed by atoms with Crippen LogP contribution in [0.2, 0.25) is 0 Å². The lowest BCUT2D eigenvalue weighted by Gasteiger charge is -2.34. The third-order valence-corrected chi connectivity index (χ3v) is 4.19. The van der Waals surface area contributed by atoms with Crippen LogP contribution in [-0.2, 0) is 6.18 Å². The summed E-state index contributed by atoms with van der Waals surface area (Å²) >= 11 is 0. The van der Waals surface area contributed by atoms with Crippen molar-refractivity contribution < 1.29 is 23.4 Å². The molecule has 4 nitrogen and oxygen atoms in total. The van der Waals surface area contributed by atoms with Gasteiger partial charge in [0.15, 0.2) is 0 Å². The van der Waals surface area contributed by atoms with Crippen LogP contribution in [0.1, 0.15) is 25.3 Å². The minimum atomic E-state index is -4.42. The van der Waals surface area contributed by atoms with Crippen molar-refractivity contribution in [3.05, 3.63) is 23.8 Å². The molecule has 1 aliphatic rings. The van der Waals surface area contributed by atoms with Crippen molar-refractivity contribution in [2.45, 2.75) is 32.0 Å². The number of alkyl halides is 3. The van der Waals surface area contributed by atoms with Crippen molar-refractivity contribution in [3.63, 3.8) is 0 Å². The number of nitrogens with zero attached hydrogens (tertiary/aromatic N) is 1. The molecular formula is C16H23F3N2O2. The van der Waals surface area contributed by atoms with E-state index in [-0.39, 0.29) is 6.54 Å². The molecule has 1 heterocycles. The zero-order valence-corrected chi connectivity index (χ0v) is 13.1. The average molecular weight is 332 g/mol. The maximum absolute atomic E-state index is 12.9. The van der Waals surface area contributed by atoms with Crippen LogP contribution < -0.4 is 10.2 Å². The van der Waals surface area contributed by atoms with Crippen molar-refractivity contribution in [1.82, 2.24) is 0 Å². The summed E-state index contributed by atoms with van der Waals surface area (Å²) in [5.41, 5.74) is 0.310. The summed E-state index contributed by atoms with van der Waals surface area (Å²) in [7, 11) is 0. The maximum atomic E-state index is 12.9. The molecule has 1 unspecified atom stereocenters. The molecule has 0 aromatic heterocycles. The van der Waals surface area contributed by atoms with Crippen LogP contribution in [0.5, 0.6) is 0 Å². The maximum Gasteiger partial charge on any atom is 0.416 e. The van der Waals surface area contributed by atoms with Crippen LogP contribution in [0.3, 0.4) is 0 Å². The Morgan fingerprint density at radius 2 is 1.96 bits per heavy atom. The largest absolute Gasteiger partial charge is 0.416 e. The highest BCUT2D eigenvalue weighted by atomic mass is 19.4. The van der Waals surface area contributed by atoms with E-state index in [4.69, 9.17) is 5.11 Å². The second-order valence-corrected chi connectivity index (χ2v) is 6.12. The van der Waals surface area contributed by atoms with Crippen molar-refractivity contribution in [2.24, 2.45) is 5.92 Å². The Morgan fingerprint density at radius 3 is 2.52 bits per heavy atom. The van der Waals surface area contributed by atoms with Gasteiger partial charge in [-0.1, -0.05) is 6.92 Å². The standard InChI is InChI=1S/C16H23F3N2O2/c1-11-4-6-21(7-5-11)15-3-2-12(16(17,18)19)8-14(15)20-9-13(23)10-22/h2-3,8,11,13,20,22-23H,4-7,9-10H2,1H3. The number of aliphatic hydroxyl groups excluding tert-OH is 2. The molecule has 1 aliphatic heterocycles. The lowest BCUT2D eigenvalue weighted by atomic mass is 9.98. The summed E-state index contributed by atoms with van der Waals surface area (Å²) in [5.74, 6) is 0.619. The molecule has 1 aromatic carbocycles. The van der Waals surface area contributed by atoms with E-state index < -0.39 is 24.5 Å². The summed E-state index contributed by atoms with van der Waals surface area (Å²) in [6.45, 7) is 3.31. The second kappa shape index (κ2) is 7.40. The zero-order chi connectivity index (χ0) is 17.0. The van der Waals surface area contributed by atoms with E-state index in [1.54, 1.807) is 0 Å². The molecule has 1 aromatic rings. The summed E-state index contributed by atoms with van der Waals surface area (Å²) in [5, 5.41) is 21.1. The van der Waals surface area contributed by atoms with E-state index in [1.807, 2.05) is 0 Å². The third-order valence-electron chi connectivity index (χ3n) is 4.19. The van der Waals surface area contributed by atoms with Crippen LogP contribution in [0.25, 0.3) is 0 Å². The van der Waals surface area contributed by atoms with Crippen molar-refractivity contribution in [3.8, 4) is 0 Å². The van der Waals surface area contributed by atoms with E-state index >= 15 is 0 Å². The number of benzene rings is 1. The van der Waals surface area contributed by atoms with Crippen LogP contribution in [0.15, 0.2) is 18.2 Å². The van der Waals surface area contributed by atoms with Gasteiger partial charge in [-0.05, 0) is 37.0 Å². The Labute approximate surface area is 133 Å². The molecule has 23 heavy (non-hydrogen) atoms. The molecular weight excluding hydrogens is 309 g/mol. The normalized spacial score (nSPS) is 18.1. The molecule has 0 radical (unpaired) electrons. The molecule has 0 amide bonds. The van der Waals surface area contributed by atoms with Gasteiger partial charge in [0, 0.05) is 19.6 Å². The fourth-order valence-electron chi connectivity index (χ4n) is 2.67. The summed E-state index contributed by atoms with van der Waals surface area (Å²) < 4.78 is 38.8. The van der Waals surface area contributed by atoms with Crippen LogP contribution in [0.4, 0.5) is 24.5 Å². The van der Waals surface area contributed by atoms with E-state index in [0.717, 1.165) is 38.1 Å². The number of anilines is 2. The van der Waals surface area contributed by atoms with Gasteiger partial charge < -0.3 is 20.4 Å². The predicted molar refractivity (Wildman–Crippen MR) is 83.6 cm³/mol. The van der Waals surface area contributed by atoms with Gasteiger partial charge in [0.05, 0.1) is 29.6 Å². The predicted octanol–water partition coefficient (Wildman–Crippen LogP) is 2.71. The molecule has 7 heteroatoms. The lowest BCUT2D eigenvalue weighted by Crippen LogP contribution is -2.33. The summed E-state index contributed by atoms with van der Waals surface area (Å²) in [6, 6.07) is 3.63. The fourth-order valence-corrected chi connectivity index (χ4v) is 2.67. The highest BCUT2D eigenvalue weighted by Crippen LogP contribution is 2.36. The smallest absolute Gasteiger partial charge is 0.394 e. The zero-order valence-electron chi connectivity index (χ0n) is 13.1. The third kappa shape index (κ3) is 4.75. The quantitative estimate of drug-likeness (QED) is 0.776. The van der Waals surface area contributed by atoms with Gasteiger partial charge in [-0.2, -0.15) is 13.2 Å². The minimum absolute atomic E-state index is 0.00491. The first kappa shape index (κ1) is 17.9. The first-order valence-electron chi connectivity index (χ1n) is 7.80. The van der Waals surface area contributed by atoms with Gasteiger partial charge >= 0.3 is 6.18 Å². The highest BCUT2D eigenvalue weighted by Gasteiger charge is 2.31. The summed E-state index contributed by atoms with van der Waals surface area (Å²) in [4.78, 5) is 2.06. The highest BCUT2D eigenvalue weighted by molar-refractivity contribution is 5.71. The Morgan fingerprint density at radius 1 is 1.30 bits per heavy atom. The van der Waals surface area contributed by atoms with Gasteiger partial charge in [0.2, 0.25) is 0 Å². The molecule has 130 valence electrons. The summed E-state index contributed by atoms with van der Waals surface area (Å²) in [6.07, 6.45) is -3.43. The average Bonchev–Trinajstić information content (AvgIpc) is 2.52. The van der Waals surface area contributed by atoms with Gasteiger partial charge in [0.25, 0.3) is 0 Å². The first-order valence-corrected chi connectivity index (χ1v) is 7.80. The lowest BCUT2D eigenvalue weighted by molar-refractivity contribution is -0.137. The Balaban J connectivity index is 2.24. The Bertz CT molecular complexity index is 515.